The molecule has 0 aliphatic heterocycles. The second-order valence-corrected chi connectivity index (χ2v) is 4.07. The average molecular weight is 298 g/mol. The van der Waals surface area contributed by atoms with E-state index in [1.54, 1.807) is 5.57 Å². The fourth-order valence-electron chi connectivity index (χ4n) is 1.19. The zero-order valence-electron chi connectivity index (χ0n) is 8.62. The zero-order chi connectivity index (χ0) is 7.78. The van der Waals surface area contributed by atoms with Crippen LogP contribution in [0.25, 0.3) is 0 Å². The molecule has 0 N–H and O–H groups in total. The van der Waals surface area contributed by atoms with Gasteiger partial charge in [0.2, 0.25) is 0 Å². The topological polar surface area (TPSA) is 0 Å². The van der Waals surface area contributed by atoms with Crippen LogP contribution in [0.2, 0.25) is 0 Å². The Morgan fingerprint density at radius 1 is 1.15 bits per heavy atom. The van der Waals surface area contributed by atoms with Gasteiger partial charge in [-0.2, -0.15) is 0 Å². The molecule has 0 nitrogen and oxygen atoms in total. The zero-order valence-corrected chi connectivity index (χ0v) is 12.6. The second kappa shape index (κ2) is 7.26. The van der Waals surface area contributed by atoms with E-state index in [4.69, 9.17) is 0 Å². The van der Waals surface area contributed by atoms with Gasteiger partial charge >= 0.3 is 26.2 Å². The van der Waals surface area contributed by atoms with Gasteiger partial charge in [0.15, 0.2) is 0 Å². The monoisotopic (exact) mass is 296 g/mol. The molecule has 0 amide bonds. The first-order valence-electron chi connectivity index (χ1n) is 3.88. The first-order chi connectivity index (χ1) is 4.50. The van der Waals surface area contributed by atoms with Gasteiger partial charge in [0.1, 0.15) is 0 Å². The van der Waals surface area contributed by atoms with Crippen LogP contribution in [-0.2, 0) is 26.2 Å². The SMILES string of the molecule is CC1=CCC(C(C)(C)C)=C1.[Cl-].[Cl-].[Zr+2]. The number of hydrogen-bond acceptors (Lipinski definition) is 0. The molecule has 13 heavy (non-hydrogen) atoms. The fourth-order valence-corrected chi connectivity index (χ4v) is 1.19. The van der Waals surface area contributed by atoms with Crippen molar-refractivity contribution in [2.45, 2.75) is 34.1 Å². The Hall–Kier alpha value is 0.943. The molecule has 0 aromatic rings. The maximum absolute atomic E-state index is 2.31. The number of allylic oxidation sites excluding steroid dienone is 4. The van der Waals surface area contributed by atoms with Crippen molar-refractivity contribution in [1.82, 2.24) is 0 Å². The average Bonchev–Trinajstić information content (AvgIpc) is 2.11. The summed E-state index contributed by atoms with van der Waals surface area (Å²) in [7, 11) is 0. The van der Waals surface area contributed by atoms with E-state index in [9.17, 15) is 0 Å². The first kappa shape index (κ1) is 19.5. The maximum atomic E-state index is 2.31. The molecule has 0 unspecified atom stereocenters. The van der Waals surface area contributed by atoms with Gasteiger partial charge in [-0.3, -0.25) is 0 Å². The van der Waals surface area contributed by atoms with E-state index in [0.29, 0.717) is 5.41 Å². The van der Waals surface area contributed by atoms with E-state index in [1.807, 2.05) is 0 Å². The standard InChI is InChI=1S/C10H16.2ClH.Zr/c1-8-5-6-9(7-8)10(2,3)4;;;/h5,7H,6H2,1-4H3;2*1H;/q;;;+2/p-2. The van der Waals surface area contributed by atoms with Gasteiger partial charge in [-0.15, -0.1) is 0 Å². The quantitative estimate of drug-likeness (QED) is 0.457. The van der Waals surface area contributed by atoms with Gasteiger partial charge < -0.3 is 24.8 Å². The van der Waals surface area contributed by atoms with Gasteiger partial charge in [0, 0.05) is 0 Å². The van der Waals surface area contributed by atoms with Gasteiger partial charge in [-0.1, -0.05) is 44.1 Å². The summed E-state index contributed by atoms with van der Waals surface area (Å²) in [5.41, 5.74) is 3.35. The summed E-state index contributed by atoms with van der Waals surface area (Å²) in [5.74, 6) is 0. The minimum atomic E-state index is 0. The Morgan fingerprint density at radius 3 is 1.77 bits per heavy atom. The Labute approximate surface area is 113 Å². The van der Waals surface area contributed by atoms with Crippen molar-refractivity contribution in [1.29, 1.82) is 0 Å². The molecule has 0 bridgehead atoms. The van der Waals surface area contributed by atoms with Gasteiger partial charge in [0.25, 0.3) is 0 Å². The Bertz CT molecular complexity index is 199. The summed E-state index contributed by atoms with van der Waals surface area (Å²) in [6.07, 6.45) is 5.76. The molecule has 74 valence electrons. The first-order valence-corrected chi connectivity index (χ1v) is 3.88. The molecule has 0 radical (unpaired) electrons. The van der Waals surface area contributed by atoms with Crippen LogP contribution in [-0.4, -0.2) is 0 Å². The minimum Gasteiger partial charge on any atom is -1.00 e. The van der Waals surface area contributed by atoms with E-state index in [2.05, 4.69) is 39.8 Å². The van der Waals surface area contributed by atoms with Crippen molar-refractivity contribution >= 4 is 0 Å². The predicted molar refractivity (Wildman–Crippen MR) is 45.9 cm³/mol. The van der Waals surface area contributed by atoms with Crippen molar-refractivity contribution in [2.24, 2.45) is 5.41 Å². The van der Waals surface area contributed by atoms with Crippen molar-refractivity contribution in [3.8, 4) is 0 Å². The minimum absolute atomic E-state index is 0. The Morgan fingerprint density at radius 2 is 1.62 bits per heavy atom. The summed E-state index contributed by atoms with van der Waals surface area (Å²) in [6, 6.07) is 0. The third-order valence-electron chi connectivity index (χ3n) is 2.01. The van der Waals surface area contributed by atoms with E-state index in [-0.39, 0.29) is 51.0 Å². The van der Waals surface area contributed by atoms with Gasteiger partial charge in [0.05, 0.1) is 0 Å². The van der Waals surface area contributed by atoms with Crippen molar-refractivity contribution in [3.63, 3.8) is 0 Å². The van der Waals surface area contributed by atoms with E-state index < -0.39 is 0 Å². The smallest absolute Gasteiger partial charge is 1.00 e. The molecular weight excluding hydrogens is 282 g/mol. The molecule has 0 aromatic carbocycles. The van der Waals surface area contributed by atoms with Gasteiger partial charge in [-0.05, 0) is 18.8 Å². The normalized spacial score (nSPS) is 14.5. The summed E-state index contributed by atoms with van der Waals surface area (Å²) >= 11 is 0. The largest absolute Gasteiger partial charge is 2.00 e. The predicted octanol–water partition coefficient (Wildman–Crippen LogP) is -2.69. The van der Waals surface area contributed by atoms with Crippen LogP contribution in [0.1, 0.15) is 34.1 Å². The maximum Gasteiger partial charge on any atom is 2.00 e. The van der Waals surface area contributed by atoms with Crippen LogP contribution >= 0.6 is 0 Å². The third-order valence-corrected chi connectivity index (χ3v) is 2.01. The summed E-state index contributed by atoms with van der Waals surface area (Å²) < 4.78 is 0. The third kappa shape index (κ3) is 6.10. The molecule has 0 atom stereocenters. The van der Waals surface area contributed by atoms with Crippen molar-refractivity contribution in [3.05, 3.63) is 23.3 Å². The number of halogens is 2. The Kier molecular flexibility index (Phi) is 10.9. The molecule has 0 saturated carbocycles. The summed E-state index contributed by atoms with van der Waals surface area (Å²) in [6.45, 7) is 8.97. The van der Waals surface area contributed by atoms with Crippen LogP contribution in [0, 0.1) is 5.41 Å². The molecule has 1 aliphatic rings. The van der Waals surface area contributed by atoms with Gasteiger partial charge in [-0.25, -0.2) is 0 Å². The summed E-state index contributed by atoms with van der Waals surface area (Å²) in [5, 5.41) is 0. The van der Waals surface area contributed by atoms with E-state index in [1.165, 1.54) is 5.57 Å². The molecule has 0 saturated heterocycles. The van der Waals surface area contributed by atoms with Crippen LogP contribution in [0.15, 0.2) is 23.3 Å². The molecule has 3 heteroatoms. The van der Waals surface area contributed by atoms with Crippen LogP contribution in [0.4, 0.5) is 0 Å². The fraction of sp³-hybridized carbons (Fsp3) is 0.600. The molecule has 0 spiro atoms. The molecule has 1 aliphatic carbocycles. The van der Waals surface area contributed by atoms with Crippen molar-refractivity contribution < 1.29 is 51.0 Å². The van der Waals surface area contributed by atoms with E-state index in [0.717, 1.165) is 6.42 Å². The number of hydrogen-bond donors (Lipinski definition) is 0. The van der Waals surface area contributed by atoms with E-state index >= 15 is 0 Å². The van der Waals surface area contributed by atoms with Crippen LogP contribution < -0.4 is 24.8 Å². The second-order valence-electron chi connectivity index (χ2n) is 4.07. The van der Waals surface area contributed by atoms with Crippen LogP contribution in [0.5, 0.6) is 0 Å². The molecular formula is C10H16Cl2Zr. The Balaban J connectivity index is -0.000000333. The van der Waals surface area contributed by atoms with Crippen LogP contribution in [0.3, 0.4) is 0 Å². The summed E-state index contributed by atoms with van der Waals surface area (Å²) in [4.78, 5) is 0. The molecule has 1 rings (SSSR count). The molecule has 0 aromatic heterocycles. The molecule has 0 heterocycles. The molecule has 0 fully saturated rings. The number of rotatable bonds is 0. The van der Waals surface area contributed by atoms with Crippen molar-refractivity contribution in [2.75, 3.05) is 0 Å².